The van der Waals surface area contributed by atoms with Crippen LogP contribution in [0.15, 0.2) is 78.9 Å². The molecule has 1 aliphatic rings. The Morgan fingerprint density at radius 1 is 0.955 bits per heavy atom. The fraction of sp³-hybridized carbons (Fsp3) is 0.412. The number of likely N-dealkylation sites (tertiary alicyclic amines) is 1. The predicted molar refractivity (Wildman–Crippen MR) is 164 cm³/mol. The van der Waals surface area contributed by atoms with Crippen LogP contribution >= 0.6 is 0 Å². The molecule has 1 aliphatic heterocycles. The van der Waals surface area contributed by atoms with E-state index in [2.05, 4.69) is 24.0 Å². The number of hydrogen-bond donors (Lipinski definition) is 2. The lowest BCUT2D eigenvalue weighted by Gasteiger charge is -2.33. The number of unbranched alkanes of at least 4 members (excludes halogenated alkanes) is 1. The average molecular weight is 615 g/mol. The van der Waals surface area contributed by atoms with Crippen molar-refractivity contribution in [3.05, 3.63) is 90.0 Å². The van der Waals surface area contributed by atoms with Gasteiger partial charge in [-0.3, -0.25) is 9.69 Å². The van der Waals surface area contributed by atoms with Gasteiger partial charge in [0.15, 0.2) is 0 Å². The number of carbonyl (C=O) groups is 2. The second-order valence-electron chi connectivity index (χ2n) is 10.7. The number of ether oxygens (including phenoxy) is 1. The van der Waals surface area contributed by atoms with Gasteiger partial charge in [-0.15, -0.1) is 0 Å². The SMILES string of the molecule is CCCCC(c1ccc(O)cc1)N(C(=O)CCc1ccccc1)c1ccc(OCCN2CCCC2)cc1.O=C(O)C(F)(F)F. The Balaban J connectivity index is 0.000000676. The molecule has 1 fully saturated rings. The summed E-state index contributed by atoms with van der Waals surface area (Å²) in [5, 5.41) is 17.0. The number of nitrogens with zero attached hydrogens (tertiary/aromatic N) is 2. The number of anilines is 1. The van der Waals surface area contributed by atoms with Crippen LogP contribution in [0, 0.1) is 0 Å². The lowest BCUT2D eigenvalue weighted by Crippen LogP contribution is -2.35. The topological polar surface area (TPSA) is 90.3 Å². The molecule has 0 bridgehead atoms. The van der Waals surface area contributed by atoms with Crippen molar-refractivity contribution in [1.82, 2.24) is 4.90 Å². The summed E-state index contributed by atoms with van der Waals surface area (Å²) in [5.41, 5.74) is 3.07. The fourth-order valence-corrected chi connectivity index (χ4v) is 5.05. The summed E-state index contributed by atoms with van der Waals surface area (Å²) in [4.78, 5) is 27.1. The maximum atomic E-state index is 13.8. The molecule has 238 valence electrons. The first-order valence-electron chi connectivity index (χ1n) is 15.0. The van der Waals surface area contributed by atoms with Gasteiger partial charge in [-0.2, -0.15) is 13.2 Å². The number of amides is 1. The number of benzene rings is 3. The molecule has 0 saturated carbocycles. The van der Waals surface area contributed by atoms with E-state index in [0.717, 1.165) is 48.4 Å². The zero-order valence-corrected chi connectivity index (χ0v) is 25.0. The Morgan fingerprint density at radius 3 is 2.14 bits per heavy atom. The molecule has 1 unspecified atom stereocenters. The normalized spacial score (nSPS) is 13.9. The Labute approximate surface area is 256 Å². The van der Waals surface area contributed by atoms with Crippen LogP contribution in [0.2, 0.25) is 0 Å². The van der Waals surface area contributed by atoms with Gasteiger partial charge in [-0.25, -0.2) is 4.79 Å². The highest BCUT2D eigenvalue weighted by molar-refractivity contribution is 5.94. The highest BCUT2D eigenvalue weighted by atomic mass is 19.4. The van der Waals surface area contributed by atoms with Crippen LogP contribution in [-0.2, 0) is 16.0 Å². The van der Waals surface area contributed by atoms with Crippen molar-refractivity contribution in [2.45, 2.75) is 64.1 Å². The van der Waals surface area contributed by atoms with Gasteiger partial charge in [0, 0.05) is 18.7 Å². The summed E-state index contributed by atoms with van der Waals surface area (Å²) in [6.45, 7) is 6.12. The lowest BCUT2D eigenvalue weighted by molar-refractivity contribution is -0.192. The van der Waals surface area contributed by atoms with Crippen molar-refractivity contribution < 1.29 is 37.7 Å². The van der Waals surface area contributed by atoms with E-state index in [4.69, 9.17) is 14.6 Å². The van der Waals surface area contributed by atoms with Gasteiger partial charge < -0.3 is 19.8 Å². The maximum Gasteiger partial charge on any atom is 0.490 e. The van der Waals surface area contributed by atoms with Crippen molar-refractivity contribution in [2.75, 3.05) is 31.1 Å². The lowest BCUT2D eigenvalue weighted by atomic mass is 9.97. The Hall–Kier alpha value is -4.05. The number of carboxylic acid groups (broad SMARTS) is 1. The third kappa shape index (κ3) is 11.2. The number of carboxylic acids is 1. The van der Waals surface area contributed by atoms with E-state index in [1.165, 1.54) is 25.9 Å². The molecule has 3 aromatic carbocycles. The molecule has 0 radical (unpaired) electrons. The molecule has 0 aromatic heterocycles. The number of phenolic OH excluding ortho intramolecular Hbond substituents is 1. The summed E-state index contributed by atoms with van der Waals surface area (Å²) in [5.74, 6) is -1.60. The second kappa shape index (κ2) is 17.3. The minimum atomic E-state index is -5.08. The molecule has 7 nitrogen and oxygen atoms in total. The van der Waals surface area contributed by atoms with Gasteiger partial charge in [-0.1, -0.05) is 62.2 Å². The summed E-state index contributed by atoms with van der Waals surface area (Å²) in [7, 11) is 0. The third-order valence-electron chi connectivity index (χ3n) is 7.39. The number of halogens is 3. The average Bonchev–Trinajstić information content (AvgIpc) is 3.53. The smallest absolute Gasteiger partial charge is 0.490 e. The molecule has 44 heavy (non-hydrogen) atoms. The van der Waals surface area contributed by atoms with Gasteiger partial charge >= 0.3 is 12.1 Å². The summed E-state index contributed by atoms with van der Waals surface area (Å²) < 4.78 is 37.8. The van der Waals surface area contributed by atoms with E-state index in [-0.39, 0.29) is 17.7 Å². The van der Waals surface area contributed by atoms with Crippen molar-refractivity contribution in [3.8, 4) is 11.5 Å². The van der Waals surface area contributed by atoms with E-state index in [0.29, 0.717) is 19.4 Å². The number of alkyl halides is 3. The van der Waals surface area contributed by atoms with Gasteiger partial charge in [0.05, 0.1) is 6.04 Å². The van der Waals surface area contributed by atoms with Crippen LogP contribution in [0.5, 0.6) is 11.5 Å². The van der Waals surface area contributed by atoms with Crippen LogP contribution in [0.1, 0.15) is 62.6 Å². The number of phenols is 1. The predicted octanol–water partition coefficient (Wildman–Crippen LogP) is 7.40. The molecule has 2 N–H and O–H groups in total. The fourth-order valence-electron chi connectivity index (χ4n) is 5.05. The van der Waals surface area contributed by atoms with E-state index in [1.807, 2.05) is 59.5 Å². The van der Waals surface area contributed by atoms with Crippen LogP contribution in [-0.4, -0.2) is 59.4 Å². The summed E-state index contributed by atoms with van der Waals surface area (Å²) in [6, 6.07) is 25.3. The largest absolute Gasteiger partial charge is 0.508 e. The number of rotatable bonds is 13. The molecule has 1 heterocycles. The van der Waals surface area contributed by atoms with Crippen LogP contribution in [0.4, 0.5) is 18.9 Å². The van der Waals surface area contributed by atoms with E-state index < -0.39 is 12.1 Å². The minimum absolute atomic E-state index is 0.0979. The van der Waals surface area contributed by atoms with E-state index in [1.54, 1.807) is 12.1 Å². The summed E-state index contributed by atoms with van der Waals surface area (Å²) >= 11 is 0. The number of aliphatic carboxylic acids is 1. The molecule has 3 aromatic rings. The van der Waals surface area contributed by atoms with E-state index in [9.17, 15) is 23.1 Å². The maximum absolute atomic E-state index is 13.8. The molecule has 0 aliphatic carbocycles. The Morgan fingerprint density at radius 2 is 1.57 bits per heavy atom. The first kappa shape index (κ1) is 34.4. The van der Waals surface area contributed by atoms with Gasteiger partial charge in [-0.05, 0) is 86.3 Å². The standard InChI is InChI=1S/C32H40N2O3.C2HF3O2/c1-2-3-11-31(27-13-17-29(35)18-14-27)34(32(36)21-12-26-9-5-4-6-10-26)28-15-19-30(20-16-28)37-25-24-33-22-7-8-23-33;3-2(4,5)1(6)7/h4-6,9-10,13-20,31,35H,2-3,7-8,11-12,21-25H2,1H3;(H,6,7). The van der Waals surface area contributed by atoms with Gasteiger partial charge in [0.25, 0.3) is 0 Å². The van der Waals surface area contributed by atoms with Crippen molar-refractivity contribution in [2.24, 2.45) is 0 Å². The second-order valence-corrected chi connectivity index (χ2v) is 10.7. The number of hydrogen-bond acceptors (Lipinski definition) is 5. The minimum Gasteiger partial charge on any atom is -0.508 e. The molecule has 1 amide bonds. The zero-order chi connectivity index (χ0) is 32.0. The van der Waals surface area contributed by atoms with E-state index >= 15 is 0 Å². The van der Waals surface area contributed by atoms with Crippen molar-refractivity contribution in [1.29, 1.82) is 0 Å². The highest BCUT2D eigenvalue weighted by Crippen LogP contribution is 2.34. The molecule has 4 rings (SSSR count). The van der Waals surface area contributed by atoms with Gasteiger partial charge in [0.1, 0.15) is 18.1 Å². The quantitative estimate of drug-likeness (QED) is 0.209. The number of aryl methyl sites for hydroxylation is 1. The molecule has 1 atom stereocenters. The van der Waals surface area contributed by atoms with Crippen LogP contribution in [0.3, 0.4) is 0 Å². The van der Waals surface area contributed by atoms with Crippen LogP contribution in [0.25, 0.3) is 0 Å². The number of carbonyl (C=O) groups excluding carboxylic acids is 1. The van der Waals surface area contributed by atoms with Gasteiger partial charge in [0.2, 0.25) is 5.91 Å². The third-order valence-corrected chi connectivity index (χ3v) is 7.39. The molecular weight excluding hydrogens is 573 g/mol. The highest BCUT2D eigenvalue weighted by Gasteiger charge is 2.38. The molecular formula is C34H41F3N2O5. The number of aromatic hydroxyl groups is 1. The Kier molecular flexibility index (Phi) is 13.5. The first-order valence-corrected chi connectivity index (χ1v) is 15.0. The molecule has 10 heteroatoms. The zero-order valence-electron chi connectivity index (χ0n) is 25.0. The van der Waals surface area contributed by atoms with Crippen molar-refractivity contribution in [3.63, 3.8) is 0 Å². The monoisotopic (exact) mass is 614 g/mol. The van der Waals surface area contributed by atoms with Crippen molar-refractivity contribution >= 4 is 17.6 Å². The molecule has 0 spiro atoms. The Bertz CT molecular complexity index is 1280. The van der Waals surface area contributed by atoms with Crippen LogP contribution < -0.4 is 9.64 Å². The summed E-state index contributed by atoms with van der Waals surface area (Å²) in [6.07, 6.45) is 1.51. The first-order chi connectivity index (χ1) is 21.1. The molecule has 1 saturated heterocycles.